The van der Waals surface area contributed by atoms with Gasteiger partial charge in [0.25, 0.3) is 0 Å². The standard InChI is InChI=1S/C24H24N4O6/c29-11-21(23(31)32)27-22(30)20(9-14-10-25-13-26-14)28-24(33)34-12-19-17-7-3-1-5-15(17)16-6-2-4-8-18(16)19/h1-8,10,13,19-21,29H,9,11-12H2,(H,25,26)(H,27,30)(H,28,33)(H,31,32)/t20?,21-/m0/s1. The number of hydrogen-bond acceptors (Lipinski definition) is 6. The minimum absolute atomic E-state index is 0.0216. The molecule has 1 aromatic heterocycles. The number of aromatic nitrogens is 2. The van der Waals surface area contributed by atoms with Crippen molar-refractivity contribution < 1.29 is 29.3 Å². The van der Waals surface area contributed by atoms with Crippen molar-refractivity contribution in [3.05, 3.63) is 77.9 Å². The summed E-state index contributed by atoms with van der Waals surface area (Å²) in [6, 6.07) is 13.2. The van der Waals surface area contributed by atoms with Gasteiger partial charge in [0.15, 0.2) is 0 Å². The van der Waals surface area contributed by atoms with Crippen molar-refractivity contribution in [3.63, 3.8) is 0 Å². The number of carboxylic acids is 1. The Labute approximate surface area is 195 Å². The van der Waals surface area contributed by atoms with Crippen LogP contribution in [-0.4, -0.2) is 63.4 Å². The Morgan fingerprint density at radius 3 is 2.21 bits per heavy atom. The van der Waals surface area contributed by atoms with E-state index in [1.807, 2.05) is 48.5 Å². The smallest absolute Gasteiger partial charge is 0.407 e. The number of nitrogens with one attached hydrogen (secondary N) is 3. The zero-order chi connectivity index (χ0) is 24.1. The average molecular weight is 464 g/mol. The molecule has 0 spiro atoms. The number of amides is 2. The minimum atomic E-state index is -1.50. The third-order valence-electron chi connectivity index (χ3n) is 5.73. The van der Waals surface area contributed by atoms with Gasteiger partial charge < -0.3 is 30.6 Å². The van der Waals surface area contributed by atoms with Crippen molar-refractivity contribution in [2.45, 2.75) is 24.4 Å². The summed E-state index contributed by atoms with van der Waals surface area (Å²) in [5.41, 5.74) is 4.83. The lowest BCUT2D eigenvalue weighted by Crippen LogP contribution is -2.53. The summed E-state index contributed by atoms with van der Waals surface area (Å²) in [7, 11) is 0. The molecule has 34 heavy (non-hydrogen) atoms. The molecule has 10 heteroatoms. The van der Waals surface area contributed by atoms with Crippen molar-refractivity contribution in [2.75, 3.05) is 13.2 Å². The molecule has 0 saturated carbocycles. The number of aliphatic hydroxyl groups excluding tert-OH is 1. The van der Waals surface area contributed by atoms with Crippen LogP contribution in [0.4, 0.5) is 4.79 Å². The van der Waals surface area contributed by atoms with E-state index in [1.165, 1.54) is 12.5 Å². The van der Waals surface area contributed by atoms with Gasteiger partial charge in [0.05, 0.1) is 12.9 Å². The molecular weight excluding hydrogens is 440 g/mol. The zero-order valence-corrected chi connectivity index (χ0v) is 18.1. The van der Waals surface area contributed by atoms with E-state index in [9.17, 15) is 19.5 Å². The third kappa shape index (κ3) is 4.91. The Kier molecular flexibility index (Phi) is 6.88. The fourth-order valence-corrected chi connectivity index (χ4v) is 4.07. The monoisotopic (exact) mass is 464 g/mol. The number of alkyl carbamates (subject to hydrolysis) is 1. The van der Waals surface area contributed by atoms with Gasteiger partial charge in [-0.3, -0.25) is 4.79 Å². The van der Waals surface area contributed by atoms with Gasteiger partial charge in [0.1, 0.15) is 18.7 Å². The van der Waals surface area contributed by atoms with Gasteiger partial charge in [-0.15, -0.1) is 0 Å². The number of rotatable bonds is 9. The van der Waals surface area contributed by atoms with Crippen LogP contribution in [0.3, 0.4) is 0 Å². The van der Waals surface area contributed by atoms with Crippen molar-refractivity contribution in [1.82, 2.24) is 20.6 Å². The molecule has 0 fully saturated rings. The lowest BCUT2D eigenvalue weighted by Gasteiger charge is -2.21. The van der Waals surface area contributed by atoms with Crippen LogP contribution < -0.4 is 10.6 Å². The molecule has 2 amide bonds. The van der Waals surface area contributed by atoms with Crippen LogP contribution >= 0.6 is 0 Å². The number of H-pyrrole nitrogens is 1. The van der Waals surface area contributed by atoms with Crippen LogP contribution in [-0.2, 0) is 20.7 Å². The number of imidazole rings is 1. The molecule has 1 heterocycles. The number of carbonyl (C=O) groups is 3. The maximum Gasteiger partial charge on any atom is 0.407 e. The number of aliphatic carboxylic acids is 1. The Hall–Kier alpha value is -4.18. The highest BCUT2D eigenvalue weighted by atomic mass is 16.5. The summed E-state index contributed by atoms with van der Waals surface area (Å²) in [5.74, 6) is -2.31. The summed E-state index contributed by atoms with van der Waals surface area (Å²) in [6.45, 7) is -0.727. The predicted molar refractivity (Wildman–Crippen MR) is 121 cm³/mol. The molecule has 1 unspecified atom stereocenters. The molecule has 0 radical (unpaired) electrons. The van der Waals surface area contributed by atoms with E-state index in [4.69, 9.17) is 9.84 Å². The van der Waals surface area contributed by atoms with E-state index in [2.05, 4.69) is 20.6 Å². The Bertz CT molecular complexity index is 1130. The number of aliphatic hydroxyl groups is 1. The molecule has 1 aliphatic rings. The first kappa shape index (κ1) is 23.0. The second kappa shape index (κ2) is 10.2. The first-order valence-corrected chi connectivity index (χ1v) is 10.7. The molecule has 5 N–H and O–H groups in total. The van der Waals surface area contributed by atoms with E-state index in [0.29, 0.717) is 5.69 Å². The summed E-state index contributed by atoms with van der Waals surface area (Å²) >= 11 is 0. The lowest BCUT2D eigenvalue weighted by atomic mass is 9.98. The molecular formula is C24H24N4O6. The molecule has 4 rings (SSSR count). The summed E-state index contributed by atoms with van der Waals surface area (Å²) in [4.78, 5) is 43.2. The Morgan fingerprint density at radius 1 is 1.00 bits per heavy atom. The number of carbonyl (C=O) groups excluding carboxylic acids is 2. The normalized spacial score (nSPS) is 13.9. The van der Waals surface area contributed by atoms with Gasteiger partial charge in [-0.25, -0.2) is 14.6 Å². The number of aromatic amines is 1. The largest absolute Gasteiger partial charge is 0.480 e. The van der Waals surface area contributed by atoms with Crippen molar-refractivity contribution in [2.24, 2.45) is 0 Å². The highest BCUT2D eigenvalue weighted by Gasteiger charge is 2.31. The quantitative estimate of drug-likeness (QED) is 0.321. The fourth-order valence-electron chi connectivity index (χ4n) is 4.07. The molecule has 10 nitrogen and oxygen atoms in total. The first-order chi connectivity index (χ1) is 16.5. The second-order valence-corrected chi connectivity index (χ2v) is 7.89. The average Bonchev–Trinajstić information content (AvgIpc) is 3.46. The van der Waals surface area contributed by atoms with Crippen molar-refractivity contribution in [1.29, 1.82) is 0 Å². The van der Waals surface area contributed by atoms with Gasteiger partial charge in [-0.2, -0.15) is 0 Å². The number of benzene rings is 2. The van der Waals surface area contributed by atoms with Crippen LogP contribution in [0.15, 0.2) is 61.1 Å². The summed E-state index contributed by atoms with van der Waals surface area (Å²) < 4.78 is 5.50. The molecule has 2 aromatic carbocycles. The number of nitrogens with zero attached hydrogens (tertiary/aromatic N) is 1. The van der Waals surface area contributed by atoms with Gasteiger partial charge in [-0.1, -0.05) is 48.5 Å². The Morgan fingerprint density at radius 2 is 1.65 bits per heavy atom. The topological polar surface area (TPSA) is 154 Å². The minimum Gasteiger partial charge on any atom is -0.480 e. The van der Waals surface area contributed by atoms with Gasteiger partial charge in [-0.05, 0) is 22.3 Å². The van der Waals surface area contributed by atoms with Gasteiger partial charge in [0, 0.05) is 24.2 Å². The molecule has 0 saturated heterocycles. The molecule has 1 aliphatic carbocycles. The molecule has 0 aliphatic heterocycles. The van der Waals surface area contributed by atoms with Gasteiger partial charge in [0.2, 0.25) is 5.91 Å². The second-order valence-electron chi connectivity index (χ2n) is 7.89. The van der Waals surface area contributed by atoms with Crippen LogP contribution in [0.5, 0.6) is 0 Å². The first-order valence-electron chi connectivity index (χ1n) is 10.7. The predicted octanol–water partition coefficient (Wildman–Crippen LogP) is 1.42. The molecule has 3 aromatic rings. The van der Waals surface area contributed by atoms with Crippen LogP contribution in [0.1, 0.15) is 22.7 Å². The zero-order valence-electron chi connectivity index (χ0n) is 18.1. The number of hydrogen-bond donors (Lipinski definition) is 5. The van der Waals surface area contributed by atoms with E-state index in [-0.39, 0.29) is 18.9 Å². The molecule has 0 bridgehead atoms. The lowest BCUT2D eigenvalue weighted by molar-refractivity contribution is -0.143. The van der Waals surface area contributed by atoms with Crippen molar-refractivity contribution in [3.8, 4) is 11.1 Å². The van der Waals surface area contributed by atoms with Crippen molar-refractivity contribution >= 4 is 18.0 Å². The maximum atomic E-state index is 12.7. The maximum absolute atomic E-state index is 12.7. The number of ether oxygens (including phenoxy) is 1. The van der Waals surface area contributed by atoms with E-state index in [0.717, 1.165) is 22.3 Å². The Balaban J connectivity index is 1.45. The molecule has 176 valence electrons. The van der Waals surface area contributed by atoms with Crippen LogP contribution in [0.2, 0.25) is 0 Å². The fraction of sp³-hybridized carbons (Fsp3) is 0.250. The van der Waals surface area contributed by atoms with Gasteiger partial charge >= 0.3 is 12.1 Å². The summed E-state index contributed by atoms with van der Waals surface area (Å²) in [6.07, 6.45) is 2.11. The van der Waals surface area contributed by atoms with Crippen LogP contribution in [0, 0.1) is 0 Å². The summed E-state index contributed by atoms with van der Waals surface area (Å²) in [5, 5.41) is 23.0. The molecule has 2 atom stereocenters. The van der Waals surface area contributed by atoms with Crippen LogP contribution in [0.25, 0.3) is 11.1 Å². The van der Waals surface area contributed by atoms with E-state index in [1.54, 1.807) is 0 Å². The SMILES string of the molecule is O=C(NC(Cc1cnc[nH]1)C(=O)N[C@@H](CO)C(=O)O)OCC1c2ccccc2-c2ccccc21. The highest BCUT2D eigenvalue weighted by molar-refractivity contribution is 5.89. The third-order valence-corrected chi connectivity index (χ3v) is 5.73. The van der Waals surface area contributed by atoms with E-state index < -0.39 is 36.7 Å². The highest BCUT2D eigenvalue weighted by Crippen LogP contribution is 2.44. The number of fused-ring (bicyclic) bond motifs is 3. The van der Waals surface area contributed by atoms with E-state index >= 15 is 0 Å². The number of carboxylic acid groups (broad SMARTS) is 1.